The van der Waals surface area contributed by atoms with Gasteiger partial charge in [0.2, 0.25) is 0 Å². The fourth-order valence-corrected chi connectivity index (χ4v) is 6.23. The Bertz CT molecular complexity index is 1170. The van der Waals surface area contributed by atoms with Gasteiger partial charge in [-0.25, -0.2) is 4.98 Å². The maximum absolute atomic E-state index is 12.3. The SMILES string of the molecule is Cc1cnc2c(c1C1CCC(c3nc(-c4ccccc4)cn3CCCC(C)C)CC1)CC(=O)CC2. The molecule has 0 atom stereocenters. The standard InChI is InChI=1S/C31H39N3O/c1-21(2)8-7-17-34-20-29(23-9-5-4-6-10-23)33-31(34)25-13-11-24(12-14-25)30-22(3)19-32-28-16-15-26(35)18-27(28)30/h4-6,9-10,19-21,24-25H,7-8,11-18H2,1-3H3. The number of benzene rings is 1. The van der Waals surface area contributed by atoms with Crippen molar-refractivity contribution in [1.29, 1.82) is 0 Å². The molecule has 2 aliphatic rings. The first-order valence-electron chi connectivity index (χ1n) is 13.6. The summed E-state index contributed by atoms with van der Waals surface area (Å²) in [5, 5.41) is 0. The second-order valence-corrected chi connectivity index (χ2v) is 11.1. The van der Waals surface area contributed by atoms with Crippen LogP contribution in [-0.2, 0) is 24.2 Å². The summed E-state index contributed by atoms with van der Waals surface area (Å²) in [6.45, 7) is 7.84. The minimum Gasteiger partial charge on any atom is -0.334 e. The van der Waals surface area contributed by atoms with E-state index < -0.39 is 0 Å². The van der Waals surface area contributed by atoms with Gasteiger partial charge in [-0.3, -0.25) is 9.78 Å². The van der Waals surface area contributed by atoms with Gasteiger partial charge in [0.25, 0.3) is 0 Å². The molecule has 0 N–H and O–H groups in total. The van der Waals surface area contributed by atoms with Crippen molar-refractivity contribution >= 4 is 5.78 Å². The smallest absolute Gasteiger partial charge is 0.137 e. The number of hydrogen-bond donors (Lipinski definition) is 0. The lowest BCUT2D eigenvalue weighted by Crippen LogP contribution is -2.22. The monoisotopic (exact) mass is 469 g/mol. The molecule has 2 heterocycles. The normalized spacial score (nSPS) is 20.3. The number of hydrogen-bond acceptors (Lipinski definition) is 3. The highest BCUT2D eigenvalue weighted by atomic mass is 16.1. The number of ketones is 1. The molecule has 0 radical (unpaired) electrons. The fourth-order valence-electron chi connectivity index (χ4n) is 6.23. The molecular formula is C31H39N3O. The van der Waals surface area contributed by atoms with Crippen molar-refractivity contribution in [1.82, 2.24) is 14.5 Å². The molecule has 1 aromatic carbocycles. The molecule has 0 unspecified atom stereocenters. The molecule has 35 heavy (non-hydrogen) atoms. The molecule has 2 aliphatic carbocycles. The molecule has 184 valence electrons. The predicted octanol–water partition coefficient (Wildman–Crippen LogP) is 7.19. The van der Waals surface area contributed by atoms with E-state index in [1.807, 2.05) is 6.20 Å². The van der Waals surface area contributed by atoms with E-state index in [2.05, 4.69) is 66.9 Å². The number of Topliss-reactive ketones (excluding diaryl/α,β-unsaturated/α-hetero) is 1. The van der Waals surface area contributed by atoms with E-state index in [4.69, 9.17) is 4.98 Å². The fraction of sp³-hybridized carbons (Fsp3) is 0.516. The Balaban J connectivity index is 1.36. The van der Waals surface area contributed by atoms with Crippen LogP contribution < -0.4 is 0 Å². The molecular weight excluding hydrogens is 430 g/mol. The Labute approximate surface area is 210 Å². The van der Waals surface area contributed by atoms with Crippen molar-refractivity contribution in [2.45, 2.75) is 96.9 Å². The number of rotatable bonds is 7. The van der Waals surface area contributed by atoms with E-state index in [0.29, 0.717) is 30.5 Å². The first kappa shape index (κ1) is 24.0. The average Bonchev–Trinajstić information content (AvgIpc) is 3.28. The molecule has 0 amide bonds. The zero-order valence-electron chi connectivity index (χ0n) is 21.6. The summed E-state index contributed by atoms with van der Waals surface area (Å²) in [5.74, 6) is 3.41. The van der Waals surface area contributed by atoms with Crippen molar-refractivity contribution in [2.75, 3.05) is 0 Å². The molecule has 4 nitrogen and oxygen atoms in total. The zero-order chi connectivity index (χ0) is 24.4. The van der Waals surface area contributed by atoms with Crippen LogP contribution in [0.4, 0.5) is 0 Å². The molecule has 1 fully saturated rings. The topological polar surface area (TPSA) is 47.8 Å². The van der Waals surface area contributed by atoms with Crippen LogP contribution in [0.2, 0.25) is 0 Å². The number of imidazole rings is 1. The second-order valence-electron chi connectivity index (χ2n) is 11.1. The molecule has 5 rings (SSSR count). The molecule has 4 heteroatoms. The predicted molar refractivity (Wildman–Crippen MR) is 142 cm³/mol. The third-order valence-corrected chi connectivity index (χ3v) is 8.08. The van der Waals surface area contributed by atoms with Gasteiger partial charge in [-0.15, -0.1) is 0 Å². The highest BCUT2D eigenvalue weighted by molar-refractivity contribution is 5.83. The number of pyridine rings is 1. The van der Waals surface area contributed by atoms with Gasteiger partial charge < -0.3 is 4.57 Å². The molecule has 1 saturated carbocycles. The van der Waals surface area contributed by atoms with Gasteiger partial charge in [-0.2, -0.15) is 0 Å². The van der Waals surface area contributed by atoms with Gasteiger partial charge in [0.15, 0.2) is 0 Å². The highest BCUT2D eigenvalue weighted by Gasteiger charge is 2.31. The Kier molecular flexibility index (Phi) is 7.17. The number of carbonyl (C=O) groups is 1. The summed E-state index contributed by atoms with van der Waals surface area (Å²) in [6.07, 6.45) is 13.5. The van der Waals surface area contributed by atoms with Crippen LogP contribution in [0.5, 0.6) is 0 Å². The minimum absolute atomic E-state index is 0.372. The Morgan fingerprint density at radius 1 is 1.03 bits per heavy atom. The van der Waals surface area contributed by atoms with Crippen molar-refractivity contribution < 1.29 is 4.79 Å². The van der Waals surface area contributed by atoms with Crippen LogP contribution in [0, 0.1) is 12.8 Å². The van der Waals surface area contributed by atoms with Crippen LogP contribution in [0.25, 0.3) is 11.3 Å². The highest BCUT2D eigenvalue weighted by Crippen LogP contribution is 2.43. The van der Waals surface area contributed by atoms with Crippen LogP contribution in [0.3, 0.4) is 0 Å². The van der Waals surface area contributed by atoms with E-state index in [1.165, 1.54) is 46.6 Å². The lowest BCUT2D eigenvalue weighted by molar-refractivity contribution is -0.118. The van der Waals surface area contributed by atoms with E-state index >= 15 is 0 Å². The number of nitrogens with zero attached hydrogens (tertiary/aromatic N) is 3. The maximum Gasteiger partial charge on any atom is 0.137 e. The minimum atomic E-state index is 0.372. The van der Waals surface area contributed by atoms with Gasteiger partial charge in [-0.05, 0) is 80.4 Å². The second kappa shape index (κ2) is 10.5. The van der Waals surface area contributed by atoms with Crippen molar-refractivity contribution in [3.05, 3.63) is 70.9 Å². The summed E-state index contributed by atoms with van der Waals surface area (Å²) >= 11 is 0. The molecule has 0 spiro atoms. The Morgan fingerprint density at radius 3 is 2.51 bits per heavy atom. The van der Waals surface area contributed by atoms with E-state index in [9.17, 15) is 4.79 Å². The van der Waals surface area contributed by atoms with Crippen LogP contribution in [-0.4, -0.2) is 20.3 Å². The van der Waals surface area contributed by atoms with Gasteiger partial charge in [0.1, 0.15) is 11.6 Å². The van der Waals surface area contributed by atoms with Crippen LogP contribution in [0.1, 0.15) is 98.8 Å². The van der Waals surface area contributed by atoms with Gasteiger partial charge in [0.05, 0.1) is 5.69 Å². The lowest BCUT2D eigenvalue weighted by atomic mass is 9.74. The third-order valence-electron chi connectivity index (χ3n) is 8.08. The van der Waals surface area contributed by atoms with Crippen molar-refractivity contribution in [2.24, 2.45) is 5.92 Å². The quantitative estimate of drug-likeness (QED) is 0.368. The molecule has 0 saturated heterocycles. The molecule has 0 bridgehead atoms. The summed E-state index contributed by atoms with van der Waals surface area (Å²) in [7, 11) is 0. The number of aromatic nitrogens is 3. The first-order chi connectivity index (χ1) is 17.0. The Morgan fingerprint density at radius 2 is 1.77 bits per heavy atom. The van der Waals surface area contributed by atoms with E-state index in [0.717, 1.165) is 50.3 Å². The summed E-state index contributed by atoms with van der Waals surface area (Å²) in [5.41, 5.74) is 7.43. The Hall–Kier alpha value is -2.75. The lowest BCUT2D eigenvalue weighted by Gasteiger charge is -2.32. The van der Waals surface area contributed by atoms with Crippen molar-refractivity contribution in [3.8, 4) is 11.3 Å². The largest absolute Gasteiger partial charge is 0.334 e. The third kappa shape index (κ3) is 5.27. The average molecular weight is 470 g/mol. The number of fused-ring (bicyclic) bond motifs is 1. The molecule has 0 aliphatic heterocycles. The van der Waals surface area contributed by atoms with Gasteiger partial charge >= 0.3 is 0 Å². The van der Waals surface area contributed by atoms with Crippen molar-refractivity contribution in [3.63, 3.8) is 0 Å². The maximum atomic E-state index is 12.3. The summed E-state index contributed by atoms with van der Waals surface area (Å²) in [4.78, 5) is 22.2. The summed E-state index contributed by atoms with van der Waals surface area (Å²) in [6, 6.07) is 10.6. The van der Waals surface area contributed by atoms with E-state index in [-0.39, 0.29) is 0 Å². The zero-order valence-corrected chi connectivity index (χ0v) is 21.6. The number of carbonyl (C=O) groups excluding carboxylic acids is 1. The molecule has 3 aromatic rings. The van der Waals surface area contributed by atoms with Crippen LogP contribution in [0.15, 0.2) is 42.7 Å². The summed E-state index contributed by atoms with van der Waals surface area (Å²) < 4.78 is 2.45. The van der Waals surface area contributed by atoms with Gasteiger partial charge in [-0.1, -0.05) is 44.2 Å². The first-order valence-corrected chi connectivity index (χ1v) is 13.6. The van der Waals surface area contributed by atoms with E-state index in [1.54, 1.807) is 0 Å². The molecule has 2 aromatic heterocycles. The van der Waals surface area contributed by atoms with Gasteiger partial charge in [0, 0.05) is 49.0 Å². The van der Waals surface area contributed by atoms with Crippen LogP contribution >= 0.6 is 0 Å². The number of aryl methyl sites for hydroxylation is 3.